The number of alkyl carbamates (subject to hydrolysis) is 1. The predicted molar refractivity (Wildman–Crippen MR) is 168 cm³/mol. The number of methoxy groups -OCH3 is 2. The lowest BCUT2D eigenvalue weighted by Crippen LogP contribution is -2.56. The predicted octanol–water partition coefficient (Wildman–Crippen LogP) is 4.77. The van der Waals surface area contributed by atoms with Crippen molar-refractivity contribution in [2.45, 2.75) is 63.1 Å². The molecule has 11 heteroatoms. The molecule has 6 rings (SSSR count). The fourth-order valence-corrected chi connectivity index (χ4v) is 6.30. The van der Waals surface area contributed by atoms with Crippen LogP contribution in [-0.4, -0.2) is 81.7 Å². The van der Waals surface area contributed by atoms with E-state index in [2.05, 4.69) is 74.1 Å². The second kappa shape index (κ2) is 13.3. The third-order valence-electron chi connectivity index (χ3n) is 8.92. The number of aromatic nitrogens is 4. The Kier molecular flexibility index (Phi) is 9.08. The summed E-state index contributed by atoms with van der Waals surface area (Å²) in [6.45, 7) is 3.53. The largest absolute Gasteiger partial charge is 0.453 e. The summed E-state index contributed by atoms with van der Waals surface area (Å²) in [6, 6.07) is 16.5. The van der Waals surface area contributed by atoms with Crippen molar-refractivity contribution >= 4 is 6.09 Å². The molecule has 2 aliphatic heterocycles. The van der Waals surface area contributed by atoms with Crippen molar-refractivity contribution in [2.24, 2.45) is 0 Å². The lowest BCUT2D eigenvalue weighted by Gasteiger charge is -2.36. The minimum atomic E-state index is -0.976. The highest BCUT2D eigenvalue weighted by atomic mass is 16.5. The molecular formula is C33H41N7O4. The molecule has 5 atom stereocenters. The number of carbonyl (C=O) groups excluding carboxylic acids is 1. The van der Waals surface area contributed by atoms with Gasteiger partial charge >= 0.3 is 6.09 Å². The standard InChI is InChI=1S/C33H41N7O4/c1-20(43-2)29(39-33(42)44-3)32(41)40-17-5-7-28(40)31-36-19-27(38-31)24-14-10-22(11-15-24)21-8-12-23(13-9-21)26-18-35-30(37-26)25-6-4-16-34-25/h8-15,18-20,25,28-29,32,34,41H,4-7,16-17H2,1-3H3,(H,35,37)(H,36,38)(H,39,42)/t20-,25+,28+,29+,32?/m1/s1. The van der Waals surface area contributed by atoms with Crippen LogP contribution in [-0.2, 0) is 9.47 Å². The zero-order chi connectivity index (χ0) is 30.6. The molecule has 0 radical (unpaired) electrons. The summed E-state index contributed by atoms with van der Waals surface area (Å²) in [4.78, 5) is 30.2. The van der Waals surface area contributed by atoms with E-state index >= 15 is 0 Å². The van der Waals surface area contributed by atoms with Gasteiger partial charge in [0.15, 0.2) is 0 Å². The number of carbonyl (C=O) groups is 1. The topological polar surface area (TPSA) is 140 Å². The Morgan fingerprint density at radius 2 is 1.50 bits per heavy atom. The normalized spacial score (nSPS) is 20.8. The molecule has 4 heterocycles. The highest BCUT2D eigenvalue weighted by molar-refractivity contribution is 5.71. The molecule has 2 fully saturated rings. The third kappa shape index (κ3) is 6.27. The summed E-state index contributed by atoms with van der Waals surface area (Å²) in [5, 5.41) is 17.5. The fraction of sp³-hybridized carbons (Fsp3) is 0.424. The van der Waals surface area contributed by atoms with Crippen molar-refractivity contribution in [1.82, 2.24) is 35.5 Å². The lowest BCUT2D eigenvalue weighted by atomic mass is 10.0. The maximum Gasteiger partial charge on any atom is 0.407 e. The summed E-state index contributed by atoms with van der Waals surface area (Å²) in [7, 11) is 2.85. The number of imidazole rings is 2. The van der Waals surface area contributed by atoms with Crippen LogP contribution < -0.4 is 10.6 Å². The van der Waals surface area contributed by atoms with Crippen molar-refractivity contribution in [3.8, 4) is 33.6 Å². The fourth-order valence-electron chi connectivity index (χ4n) is 6.30. The molecule has 11 nitrogen and oxygen atoms in total. The van der Waals surface area contributed by atoms with Crippen LogP contribution >= 0.6 is 0 Å². The Balaban J connectivity index is 1.13. The molecule has 0 bridgehead atoms. The number of benzene rings is 2. The van der Waals surface area contributed by atoms with Gasteiger partial charge in [0, 0.05) is 13.7 Å². The minimum Gasteiger partial charge on any atom is -0.453 e. The summed E-state index contributed by atoms with van der Waals surface area (Å²) >= 11 is 0. The molecule has 1 amide bonds. The average molecular weight is 600 g/mol. The maximum atomic E-state index is 12.0. The van der Waals surface area contributed by atoms with Gasteiger partial charge in [0.25, 0.3) is 0 Å². The summed E-state index contributed by atoms with van der Waals surface area (Å²) in [5.74, 6) is 1.79. The van der Waals surface area contributed by atoms with Gasteiger partial charge in [0.2, 0.25) is 0 Å². The van der Waals surface area contributed by atoms with Gasteiger partial charge in [-0.3, -0.25) is 4.90 Å². The van der Waals surface area contributed by atoms with Crippen LogP contribution in [0.15, 0.2) is 60.9 Å². The summed E-state index contributed by atoms with van der Waals surface area (Å²) in [5.41, 5.74) is 6.34. The van der Waals surface area contributed by atoms with Crippen molar-refractivity contribution < 1.29 is 19.4 Å². The van der Waals surface area contributed by atoms with E-state index in [4.69, 9.17) is 14.5 Å². The van der Waals surface area contributed by atoms with Crippen LogP contribution in [0.1, 0.15) is 56.3 Å². The van der Waals surface area contributed by atoms with Gasteiger partial charge in [-0.05, 0) is 61.4 Å². The third-order valence-corrected chi connectivity index (χ3v) is 8.92. The maximum absolute atomic E-state index is 12.0. The van der Waals surface area contributed by atoms with Gasteiger partial charge in [-0.2, -0.15) is 0 Å². The van der Waals surface area contributed by atoms with E-state index in [1.807, 2.05) is 24.2 Å². The number of amides is 1. The molecule has 4 aromatic rings. The molecule has 44 heavy (non-hydrogen) atoms. The number of nitrogens with one attached hydrogen (secondary N) is 4. The number of aliphatic hydroxyl groups excluding tert-OH is 1. The van der Waals surface area contributed by atoms with E-state index in [1.54, 1.807) is 7.11 Å². The van der Waals surface area contributed by atoms with E-state index in [-0.39, 0.29) is 6.04 Å². The lowest BCUT2D eigenvalue weighted by molar-refractivity contribution is -0.0700. The molecule has 0 saturated carbocycles. The van der Waals surface area contributed by atoms with E-state index in [0.717, 1.165) is 71.1 Å². The molecule has 2 saturated heterocycles. The Morgan fingerprint density at radius 1 is 0.909 bits per heavy atom. The second-order valence-electron chi connectivity index (χ2n) is 11.6. The zero-order valence-corrected chi connectivity index (χ0v) is 25.4. The Bertz CT molecular complexity index is 1530. The van der Waals surface area contributed by atoms with E-state index < -0.39 is 24.5 Å². The molecular weight excluding hydrogens is 558 g/mol. The van der Waals surface area contributed by atoms with Gasteiger partial charge < -0.3 is 35.2 Å². The first-order chi connectivity index (χ1) is 21.4. The van der Waals surface area contributed by atoms with Crippen LogP contribution in [0.2, 0.25) is 0 Å². The Hall–Kier alpha value is -4.03. The Labute approximate surface area is 257 Å². The van der Waals surface area contributed by atoms with Crippen LogP contribution in [0.4, 0.5) is 4.79 Å². The SMILES string of the molecule is COC(=O)N[C@H](C(O)N1CCC[C@H]1c1ncc(-c2ccc(-c3ccc(-c4cnc([C@@H]5CCCN5)[nH]4)cc3)cc2)[nH]1)[C@@H](C)OC. The van der Waals surface area contributed by atoms with E-state index in [1.165, 1.54) is 13.5 Å². The van der Waals surface area contributed by atoms with Crippen LogP contribution in [0.25, 0.3) is 33.6 Å². The average Bonchev–Trinajstić information content (AvgIpc) is 3.89. The first kappa shape index (κ1) is 30.0. The van der Waals surface area contributed by atoms with Crippen molar-refractivity contribution in [3.05, 3.63) is 72.6 Å². The highest BCUT2D eigenvalue weighted by Crippen LogP contribution is 2.34. The van der Waals surface area contributed by atoms with E-state index in [9.17, 15) is 9.90 Å². The molecule has 2 aromatic carbocycles. The molecule has 0 spiro atoms. The highest BCUT2D eigenvalue weighted by Gasteiger charge is 2.39. The molecule has 0 aliphatic carbocycles. The molecule has 2 aromatic heterocycles. The first-order valence-corrected chi connectivity index (χ1v) is 15.3. The van der Waals surface area contributed by atoms with Gasteiger partial charge in [-0.1, -0.05) is 48.5 Å². The smallest absolute Gasteiger partial charge is 0.407 e. The first-order valence-electron chi connectivity index (χ1n) is 15.3. The number of rotatable bonds is 10. The zero-order valence-electron chi connectivity index (χ0n) is 25.4. The van der Waals surface area contributed by atoms with Crippen LogP contribution in [0.5, 0.6) is 0 Å². The van der Waals surface area contributed by atoms with E-state index in [0.29, 0.717) is 12.6 Å². The number of aliphatic hydroxyl groups is 1. The number of nitrogens with zero attached hydrogens (tertiary/aromatic N) is 3. The van der Waals surface area contributed by atoms with Crippen LogP contribution in [0, 0.1) is 0 Å². The van der Waals surface area contributed by atoms with Gasteiger partial charge in [0.05, 0.1) is 55.1 Å². The van der Waals surface area contributed by atoms with Crippen molar-refractivity contribution in [1.29, 1.82) is 0 Å². The second-order valence-corrected chi connectivity index (χ2v) is 11.6. The molecule has 1 unspecified atom stereocenters. The number of hydrogen-bond acceptors (Lipinski definition) is 8. The van der Waals surface area contributed by atoms with Gasteiger partial charge in [0.1, 0.15) is 17.9 Å². The Morgan fingerprint density at radius 3 is 2.07 bits per heavy atom. The number of likely N-dealkylation sites (tertiary alicyclic amines) is 1. The van der Waals surface area contributed by atoms with Crippen molar-refractivity contribution in [2.75, 3.05) is 27.3 Å². The van der Waals surface area contributed by atoms with Crippen LogP contribution in [0.3, 0.4) is 0 Å². The number of ether oxygens (including phenoxy) is 2. The molecule has 232 valence electrons. The number of aromatic amines is 2. The minimum absolute atomic E-state index is 0.122. The number of H-pyrrole nitrogens is 2. The summed E-state index contributed by atoms with van der Waals surface area (Å²) in [6.07, 6.45) is 5.78. The molecule has 5 N–H and O–H groups in total. The van der Waals surface area contributed by atoms with Crippen molar-refractivity contribution in [3.63, 3.8) is 0 Å². The van der Waals surface area contributed by atoms with Gasteiger partial charge in [-0.25, -0.2) is 14.8 Å². The molecule has 2 aliphatic rings. The number of hydrogen-bond donors (Lipinski definition) is 5. The summed E-state index contributed by atoms with van der Waals surface area (Å²) < 4.78 is 10.2. The quantitative estimate of drug-likeness (QED) is 0.176. The van der Waals surface area contributed by atoms with Gasteiger partial charge in [-0.15, -0.1) is 0 Å². The monoisotopic (exact) mass is 599 g/mol.